The molecule has 1 aliphatic heterocycles. The van der Waals surface area contributed by atoms with Gasteiger partial charge in [-0.2, -0.15) is 0 Å². The number of hydrogen-bond donors (Lipinski definition) is 0. The van der Waals surface area contributed by atoms with Gasteiger partial charge in [0.2, 0.25) is 0 Å². The summed E-state index contributed by atoms with van der Waals surface area (Å²) in [5.41, 5.74) is 1.21. The van der Waals surface area contributed by atoms with Crippen LogP contribution in [0.25, 0.3) is 0 Å². The first-order valence-corrected chi connectivity index (χ1v) is 6.92. The Hall–Kier alpha value is -1.10. The number of morpholine rings is 1. The Morgan fingerprint density at radius 3 is 2.79 bits per heavy atom. The van der Waals surface area contributed by atoms with Crippen LogP contribution in [0.2, 0.25) is 0 Å². The molecule has 2 rings (SSSR count). The molecule has 0 atom stereocenters. The molecule has 0 aromatic heterocycles. The second-order valence-corrected chi connectivity index (χ2v) is 4.73. The van der Waals surface area contributed by atoms with Crippen LogP contribution in [0.4, 0.5) is 0 Å². The molecule has 0 amide bonds. The minimum absolute atomic E-state index is 0.604. The number of benzene rings is 1. The van der Waals surface area contributed by atoms with Crippen molar-refractivity contribution in [1.82, 2.24) is 4.90 Å². The molecule has 0 radical (unpaired) electrons. The van der Waals surface area contributed by atoms with Gasteiger partial charge in [0.1, 0.15) is 12.4 Å². The zero-order valence-corrected chi connectivity index (χ0v) is 11.6. The summed E-state index contributed by atoms with van der Waals surface area (Å²) in [4.78, 5) is 2.37. The molecule has 4 heteroatoms. The summed E-state index contributed by atoms with van der Waals surface area (Å²) in [5, 5.41) is 0. The summed E-state index contributed by atoms with van der Waals surface area (Å²) in [6.45, 7) is 8.76. The summed E-state index contributed by atoms with van der Waals surface area (Å²) in [6, 6.07) is 8.07. The van der Waals surface area contributed by atoms with Gasteiger partial charge in [-0.15, -0.1) is 0 Å². The van der Waals surface area contributed by atoms with E-state index in [1.54, 1.807) is 0 Å². The van der Waals surface area contributed by atoms with Gasteiger partial charge in [-0.25, -0.2) is 0 Å². The van der Waals surface area contributed by atoms with Crippen molar-refractivity contribution in [3.63, 3.8) is 0 Å². The van der Waals surface area contributed by atoms with Crippen LogP contribution in [-0.2, 0) is 9.47 Å². The molecule has 0 N–H and O–H groups in total. The molecule has 1 heterocycles. The van der Waals surface area contributed by atoms with Gasteiger partial charge in [0.15, 0.2) is 0 Å². The quantitative estimate of drug-likeness (QED) is 0.702. The van der Waals surface area contributed by atoms with Crippen molar-refractivity contribution >= 4 is 0 Å². The molecule has 4 nitrogen and oxygen atoms in total. The summed E-state index contributed by atoms with van der Waals surface area (Å²) in [6.07, 6.45) is 0. The lowest BCUT2D eigenvalue weighted by Crippen LogP contribution is -2.38. The van der Waals surface area contributed by atoms with Gasteiger partial charge in [0.25, 0.3) is 0 Å². The zero-order valence-electron chi connectivity index (χ0n) is 11.6. The lowest BCUT2D eigenvalue weighted by molar-refractivity contribution is 0.0170. The van der Waals surface area contributed by atoms with E-state index in [9.17, 15) is 0 Å². The third-order valence-corrected chi connectivity index (χ3v) is 3.14. The van der Waals surface area contributed by atoms with Crippen LogP contribution in [0.1, 0.15) is 5.56 Å². The van der Waals surface area contributed by atoms with Gasteiger partial charge in [-0.05, 0) is 24.6 Å². The van der Waals surface area contributed by atoms with Gasteiger partial charge in [-0.1, -0.05) is 12.1 Å². The van der Waals surface area contributed by atoms with E-state index in [1.807, 2.05) is 18.2 Å². The van der Waals surface area contributed by atoms with E-state index in [4.69, 9.17) is 14.2 Å². The Kier molecular flexibility index (Phi) is 6.14. The number of hydrogen-bond acceptors (Lipinski definition) is 4. The molecule has 106 valence electrons. The van der Waals surface area contributed by atoms with Crippen LogP contribution < -0.4 is 4.74 Å². The van der Waals surface area contributed by atoms with Crippen LogP contribution in [-0.4, -0.2) is 57.6 Å². The Bertz CT molecular complexity index is 364. The van der Waals surface area contributed by atoms with Crippen molar-refractivity contribution in [2.24, 2.45) is 0 Å². The molecule has 0 aliphatic carbocycles. The van der Waals surface area contributed by atoms with E-state index < -0.39 is 0 Å². The maximum atomic E-state index is 5.62. The van der Waals surface area contributed by atoms with Crippen LogP contribution in [0.15, 0.2) is 24.3 Å². The van der Waals surface area contributed by atoms with E-state index in [0.29, 0.717) is 13.2 Å². The SMILES string of the molecule is Cc1cccc(OCCOCCN2CCOCC2)c1. The Labute approximate surface area is 115 Å². The summed E-state index contributed by atoms with van der Waals surface area (Å²) >= 11 is 0. The average Bonchev–Trinajstić information content (AvgIpc) is 2.44. The summed E-state index contributed by atoms with van der Waals surface area (Å²) < 4.78 is 16.5. The number of aryl methyl sites for hydroxylation is 1. The normalized spacial score (nSPS) is 16.5. The first-order valence-electron chi connectivity index (χ1n) is 6.92. The van der Waals surface area contributed by atoms with Crippen LogP contribution in [0.3, 0.4) is 0 Å². The third-order valence-electron chi connectivity index (χ3n) is 3.14. The van der Waals surface area contributed by atoms with Crippen molar-refractivity contribution in [1.29, 1.82) is 0 Å². The molecule has 0 spiro atoms. The highest BCUT2D eigenvalue weighted by molar-refractivity contribution is 5.27. The second kappa shape index (κ2) is 8.15. The van der Waals surface area contributed by atoms with Gasteiger partial charge < -0.3 is 14.2 Å². The highest BCUT2D eigenvalue weighted by atomic mass is 16.5. The number of nitrogens with zero attached hydrogens (tertiary/aromatic N) is 1. The molecule has 0 saturated carbocycles. The fourth-order valence-corrected chi connectivity index (χ4v) is 2.04. The standard InChI is InChI=1S/C15H23NO3/c1-14-3-2-4-15(13-14)19-12-11-18-10-7-16-5-8-17-9-6-16/h2-4,13H,5-12H2,1H3. The van der Waals surface area contributed by atoms with Crippen LogP contribution >= 0.6 is 0 Å². The molecule has 1 aromatic carbocycles. The van der Waals surface area contributed by atoms with Crippen molar-refractivity contribution in [3.8, 4) is 5.75 Å². The topological polar surface area (TPSA) is 30.9 Å². The van der Waals surface area contributed by atoms with Gasteiger partial charge in [0.05, 0.1) is 26.4 Å². The maximum absolute atomic E-state index is 5.62. The third kappa shape index (κ3) is 5.59. The Balaban J connectivity index is 1.50. The van der Waals surface area contributed by atoms with Crippen LogP contribution in [0, 0.1) is 6.92 Å². The average molecular weight is 265 g/mol. The van der Waals surface area contributed by atoms with Gasteiger partial charge in [0, 0.05) is 19.6 Å². The molecule has 0 bridgehead atoms. The van der Waals surface area contributed by atoms with E-state index in [0.717, 1.165) is 45.2 Å². The van der Waals surface area contributed by atoms with E-state index in [1.165, 1.54) is 5.56 Å². The van der Waals surface area contributed by atoms with E-state index in [2.05, 4.69) is 17.9 Å². The number of rotatable bonds is 7. The molecule has 1 saturated heterocycles. The van der Waals surface area contributed by atoms with Crippen LogP contribution in [0.5, 0.6) is 5.75 Å². The monoisotopic (exact) mass is 265 g/mol. The highest BCUT2D eigenvalue weighted by Crippen LogP contribution is 2.11. The Morgan fingerprint density at radius 2 is 2.00 bits per heavy atom. The largest absolute Gasteiger partial charge is 0.491 e. The predicted molar refractivity (Wildman–Crippen MR) is 74.8 cm³/mol. The molecular formula is C15H23NO3. The lowest BCUT2D eigenvalue weighted by atomic mass is 10.2. The minimum atomic E-state index is 0.604. The molecule has 1 aromatic rings. The van der Waals surface area contributed by atoms with E-state index >= 15 is 0 Å². The molecule has 19 heavy (non-hydrogen) atoms. The van der Waals surface area contributed by atoms with Crippen molar-refractivity contribution < 1.29 is 14.2 Å². The fourth-order valence-electron chi connectivity index (χ4n) is 2.04. The van der Waals surface area contributed by atoms with Crippen molar-refractivity contribution in [3.05, 3.63) is 29.8 Å². The zero-order chi connectivity index (χ0) is 13.3. The van der Waals surface area contributed by atoms with Gasteiger partial charge >= 0.3 is 0 Å². The number of ether oxygens (including phenoxy) is 3. The fraction of sp³-hybridized carbons (Fsp3) is 0.600. The molecule has 1 aliphatic rings. The lowest BCUT2D eigenvalue weighted by Gasteiger charge is -2.26. The molecule has 0 unspecified atom stereocenters. The molecular weight excluding hydrogens is 242 g/mol. The smallest absolute Gasteiger partial charge is 0.119 e. The first kappa shape index (κ1) is 14.3. The highest BCUT2D eigenvalue weighted by Gasteiger charge is 2.09. The first-order chi connectivity index (χ1) is 9.34. The minimum Gasteiger partial charge on any atom is -0.491 e. The predicted octanol–water partition coefficient (Wildman–Crippen LogP) is 1.72. The summed E-state index contributed by atoms with van der Waals surface area (Å²) in [7, 11) is 0. The Morgan fingerprint density at radius 1 is 1.16 bits per heavy atom. The summed E-state index contributed by atoms with van der Waals surface area (Å²) in [5.74, 6) is 0.914. The van der Waals surface area contributed by atoms with Gasteiger partial charge in [-0.3, -0.25) is 4.90 Å². The van der Waals surface area contributed by atoms with Crippen molar-refractivity contribution in [2.45, 2.75) is 6.92 Å². The maximum Gasteiger partial charge on any atom is 0.119 e. The van der Waals surface area contributed by atoms with Crippen molar-refractivity contribution in [2.75, 3.05) is 52.7 Å². The molecule has 1 fully saturated rings. The van der Waals surface area contributed by atoms with E-state index in [-0.39, 0.29) is 0 Å². The second-order valence-electron chi connectivity index (χ2n) is 4.73.